The Morgan fingerprint density at radius 2 is 2.29 bits per heavy atom. The lowest BCUT2D eigenvalue weighted by Crippen LogP contribution is -2.46. The van der Waals surface area contributed by atoms with E-state index in [4.69, 9.17) is 5.11 Å². The minimum Gasteiger partial charge on any atom is -0.465 e. The summed E-state index contributed by atoms with van der Waals surface area (Å²) in [4.78, 5) is 25.0. The largest absolute Gasteiger partial charge is 0.465 e. The molecule has 8 heteroatoms. The highest BCUT2D eigenvalue weighted by Crippen LogP contribution is 2.35. The number of amides is 1. The first-order valence-corrected chi connectivity index (χ1v) is 6.37. The first-order chi connectivity index (χ1) is 9.90. The number of aliphatic hydroxyl groups excluding tert-OH is 1. The molecule has 0 bridgehead atoms. The second-order valence-corrected chi connectivity index (χ2v) is 4.99. The van der Waals surface area contributed by atoms with Gasteiger partial charge in [-0.1, -0.05) is 13.0 Å². The van der Waals surface area contributed by atoms with E-state index in [1.807, 2.05) is 0 Å². The van der Waals surface area contributed by atoms with Crippen molar-refractivity contribution in [2.75, 3.05) is 0 Å². The summed E-state index contributed by atoms with van der Waals surface area (Å²) in [6.07, 6.45) is 2.42. The minimum absolute atomic E-state index is 0.138. The van der Waals surface area contributed by atoms with Gasteiger partial charge in [-0.3, -0.25) is 15.1 Å². The number of rotatable bonds is 3. The molecule has 1 aliphatic carbocycles. The molecule has 0 saturated heterocycles. The van der Waals surface area contributed by atoms with Crippen molar-refractivity contribution in [3.05, 3.63) is 40.2 Å². The van der Waals surface area contributed by atoms with Gasteiger partial charge in [0.25, 0.3) is 5.69 Å². The summed E-state index contributed by atoms with van der Waals surface area (Å²) < 4.78 is 0. The molecule has 21 heavy (non-hydrogen) atoms. The van der Waals surface area contributed by atoms with Gasteiger partial charge in [-0.15, -0.1) is 0 Å². The number of carboxylic acid groups (broad SMARTS) is 1. The maximum absolute atomic E-state index is 11.0. The zero-order valence-corrected chi connectivity index (χ0v) is 11.3. The molecular formula is C13H15N3O5. The molecule has 1 aromatic heterocycles. The SMILES string of the molecule is C[C@H]1CC(c2ccncc2[N+](=O)[O-])=C[C@@H](NC(=O)O)[C@H]1O. The van der Waals surface area contributed by atoms with Crippen LogP contribution in [0.25, 0.3) is 5.57 Å². The Morgan fingerprint density at radius 1 is 1.57 bits per heavy atom. The Morgan fingerprint density at radius 3 is 2.90 bits per heavy atom. The Kier molecular flexibility index (Phi) is 4.18. The number of nitrogens with zero attached hydrogens (tertiary/aromatic N) is 2. The average molecular weight is 293 g/mol. The number of nitrogens with one attached hydrogen (secondary N) is 1. The van der Waals surface area contributed by atoms with Gasteiger partial charge in [0, 0.05) is 6.20 Å². The van der Waals surface area contributed by atoms with Gasteiger partial charge < -0.3 is 15.5 Å². The molecular weight excluding hydrogens is 278 g/mol. The molecule has 8 nitrogen and oxygen atoms in total. The maximum Gasteiger partial charge on any atom is 0.405 e. The van der Waals surface area contributed by atoms with Crippen LogP contribution in [0, 0.1) is 16.0 Å². The van der Waals surface area contributed by atoms with E-state index < -0.39 is 23.2 Å². The van der Waals surface area contributed by atoms with Gasteiger partial charge in [-0.2, -0.15) is 0 Å². The normalized spacial score (nSPS) is 25.0. The summed E-state index contributed by atoms with van der Waals surface area (Å²) in [5.74, 6) is -0.227. The predicted molar refractivity (Wildman–Crippen MR) is 73.6 cm³/mol. The fourth-order valence-electron chi connectivity index (χ4n) is 2.48. The van der Waals surface area contributed by atoms with Crippen molar-refractivity contribution >= 4 is 17.4 Å². The summed E-state index contributed by atoms with van der Waals surface area (Å²) in [6, 6.07) is 0.723. The van der Waals surface area contributed by atoms with Gasteiger partial charge in [0.05, 0.1) is 22.6 Å². The quantitative estimate of drug-likeness (QED) is 0.571. The van der Waals surface area contributed by atoms with Crippen LogP contribution in [0.3, 0.4) is 0 Å². The van der Waals surface area contributed by atoms with Crippen molar-refractivity contribution < 1.29 is 19.9 Å². The van der Waals surface area contributed by atoms with E-state index >= 15 is 0 Å². The zero-order chi connectivity index (χ0) is 15.6. The Balaban J connectivity index is 2.43. The number of aliphatic hydroxyl groups is 1. The second-order valence-electron chi connectivity index (χ2n) is 4.99. The van der Waals surface area contributed by atoms with Crippen LogP contribution in [-0.4, -0.2) is 38.4 Å². The van der Waals surface area contributed by atoms with E-state index in [-0.39, 0.29) is 11.6 Å². The number of pyridine rings is 1. The Labute approximate surface area is 120 Å². The molecule has 0 fully saturated rings. The van der Waals surface area contributed by atoms with Crippen molar-refractivity contribution in [1.29, 1.82) is 0 Å². The van der Waals surface area contributed by atoms with Crippen LogP contribution in [0.5, 0.6) is 0 Å². The molecule has 0 radical (unpaired) electrons. The monoisotopic (exact) mass is 293 g/mol. The van der Waals surface area contributed by atoms with Crippen LogP contribution in [-0.2, 0) is 0 Å². The molecule has 3 atom stereocenters. The van der Waals surface area contributed by atoms with Gasteiger partial charge in [0.1, 0.15) is 6.20 Å². The topological polar surface area (TPSA) is 126 Å². The molecule has 3 N–H and O–H groups in total. The Bertz CT molecular complexity index is 601. The number of nitro groups is 1. The fraction of sp³-hybridized carbons (Fsp3) is 0.385. The molecule has 1 amide bonds. The number of carbonyl (C=O) groups is 1. The van der Waals surface area contributed by atoms with Crippen LogP contribution in [0.4, 0.5) is 10.5 Å². The molecule has 112 valence electrons. The van der Waals surface area contributed by atoms with Crippen molar-refractivity contribution in [2.24, 2.45) is 5.92 Å². The van der Waals surface area contributed by atoms with E-state index in [0.717, 1.165) is 6.20 Å². The average Bonchev–Trinajstić information content (AvgIpc) is 2.43. The summed E-state index contributed by atoms with van der Waals surface area (Å²) in [5, 5.41) is 32.1. The summed E-state index contributed by atoms with van der Waals surface area (Å²) in [6.45, 7) is 1.77. The molecule has 0 unspecified atom stereocenters. The smallest absolute Gasteiger partial charge is 0.405 e. The van der Waals surface area contributed by atoms with Gasteiger partial charge >= 0.3 is 6.09 Å². The zero-order valence-electron chi connectivity index (χ0n) is 11.3. The van der Waals surface area contributed by atoms with Crippen LogP contribution in [0.1, 0.15) is 18.9 Å². The minimum atomic E-state index is -1.26. The van der Waals surface area contributed by atoms with E-state index in [0.29, 0.717) is 17.6 Å². The van der Waals surface area contributed by atoms with E-state index in [9.17, 15) is 20.0 Å². The molecule has 2 rings (SSSR count). The predicted octanol–water partition coefficient (Wildman–Crippen LogP) is 1.41. The maximum atomic E-state index is 11.0. The van der Waals surface area contributed by atoms with Crippen molar-refractivity contribution in [1.82, 2.24) is 10.3 Å². The molecule has 0 aliphatic heterocycles. The van der Waals surface area contributed by atoms with Gasteiger partial charge in [0.15, 0.2) is 0 Å². The molecule has 1 heterocycles. The van der Waals surface area contributed by atoms with Gasteiger partial charge in [-0.05, 0) is 24.0 Å². The van der Waals surface area contributed by atoms with Crippen LogP contribution in [0.15, 0.2) is 24.5 Å². The van der Waals surface area contributed by atoms with Crippen LogP contribution in [0.2, 0.25) is 0 Å². The molecule has 0 aromatic carbocycles. The van der Waals surface area contributed by atoms with E-state index in [1.54, 1.807) is 6.92 Å². The molecule has 1 aliphatic rings. The summed E-state index contributed by atoms with van der Waals surface area (Å²) in [7, 11) is 0. The number of aromatic nitrogens is 1. The standard InChI is InChI=1S/C13H15N3O5/c1-7-4-8(5-10(12(7)17)15-13(18)19)9-2-3-14-6-11(9)16(20)21/h2-3,5-7,10,12,15,17H,4H2,1H3,(H,18,19)/t7-,10+,12-/m0/s1. The van der Waals surface area contributed by atoms with Crippen molar-refractivity contribution in [3.63, 3.8) is 0 Å². The number of hydrogen-bond donors (Lipinski definition) is 3. The highest BCUT2D eigenvalue weighted by molar-refractivity contribution is 5.75. The Hall–Kier alpha value is -2.48. The lowest BCUT2D eigenvalue weighted by molar-refractivity contribution is -0.385. The fourth-order valence-corrected chi connectivity index (χ4v) is 2.48. The van der Waals surface area contributed by atoms with Crippen LogP contribution >= 0.6 is 0 Å². The molecule has 0 spiro atoms. The molecule has 0 saturated carbocycles. The second kappa shape index (κ2) is 5.88. The third-order valence-corrected chi connectivity index (χ3v) is 3.51. The summed E-state index contributed by atoms with van der Waals surface area (Å²) in [5.41, 5.74) is 0.882. The van der Waals surface area contributed by atoms with Gasteiger partial charge in [0.2, 0.25) is 0 Å². The first kappa shape index (κ1) is 14.9. The highest BCUT2D eigenvalue weighted by atomic mass is 16.6. The molecule has 1 aromatic rings. The van der Waals surface area contributed by atoms with E-state index in [1.165, 1.54) is 18.3 Å². The third kappa shape index (κ3) is 3.16. The highest BCUT2D eigenvalue weighted by Gasteiger charge is 2.32. The number of allylic oxidation sites excluding steroid dienone is 1. The number of hydrogen-bond acceptors (Lipinski definition) is 5. The van der Waals surface area contributed by atoms with Crippen LogP contribution < -0.4 is 5.32 Å². The third-order valence-electron chi connectivity index (χ3n) is 3.51. The lowest BCUT2D eigenvalue weighted by Gasteiger charge is -2.31. The van der Waals surface area contributed by atoms with Crippen molar-refractivity contribution in [3.8, 4) is 0 Å². The summed E-state index contributed by atoms with van der Waals surface area (Å²) >= 11 is 0. The van der Waals surface area contributed by atoms with Gasteiger partial charge in [-0.25, -0.2) is 4.79 Å². The van der Waals surface area contributed by atoms with Crippen molar-refractivity contribution in [2.45, 2.75) is 25.5 Å². The lowest BCUT2D eigenvalue weighted by atomic mass is 9.82. The van der Waals surface area contributed by atoms with E-state index in [2.05, 4.69) is 10.3 Å². The first-order valence-electron chi connectivity index (χ1n) is 6.37.